The molecule has 2 heterocycles. The number of hydrogen-bond acceptors (Lipinski definition) is 7. The molecule has 0 atom stereocenters. The highest BCUT2D eigenvalue weighted by atomic mass is 32.1. The average Bonchev–Trinajstić information content (AvgIpc) is 3.13. The van der Waals surface area contributed by atoms with Gasteiger partial charge in [-0.05, 0) is 30.3 Å². The molecular weight excluding hydrogens is 320 g/mol. The fourth-order valence-electron chi connectivity index (χ4n) is 2.40. The standard InChI is InChI=1S/C17H14N6S/c18-12-6-5-10(7-13(12)19)21-16-11-3-1-2-4-14(11)22-17(23-16)15-8-20-9-24-15/h1-9H,18-19H2,(H,21,22,23). The summed E-state index contributed by atoms with van der Waals surface area (Å²) in [7, 11) is 0. The smallest absolute Gasteiger partial charge is 0.173 e. The minimum absolute atomic E-state index is 0.529. The van der Waals surface area contributed by atoms with E-state index >= 15 is 0 Å². The van der Waals surface area contributed by atoms with Crippen LogP contribution in [0.2, 0.25) is 0 Å². The molecule has 0 spiro atoms. The lowest BCUT2D eigenvalue weighted by atomic mass is 10.2. The molecule has 0 aliphatic heterocycles. The summed E-state index contributed by atoms with van der Waals surface area (Å²) in [4.78, 5) is 14.3. The highest BCUT2D eigenvalue weighted by Crippen LogP contribution is 2.29. The van der Waals surface area contributed by atoms with Crippen molar-refractivity contribution in [2.24, 2.45) is 0 Å². The van der Waals surface area contributed by atoms with Crippen molar-refractivity contribution >= 4 is 45.1 Å². The Morgan fingerprint density at radius 2 is 1.83 bits per heavy atom. The van der Waals surface area contributed by atoms with E-state index in [1.54, 1.807) is 23.8 Å². The Kier molecular flexibility index (Phi) is 3.47. The predicted molar refractivity (Wildman–Crippen MR) is 99.2 cm³/mol. The number of nitrogens with one attached hydrogen (secondary N) is 1. The summed E-state index contributed by atoms with van der Waals surface area (Å²) in [6, 6.07) is 13.3. The highest BCUT2D eigenvalue weighted by molar-refractivity contribution is 7.13. The first-order chi connectivity index (χ1) is 11.7. The van der Waals surface area contributed by atoms with Crippen molar-refractivity contribution < 1.29 is 0 Å². The van der Waals surface area contributed by atoms with Gasteiger partial charge in [0.15, 0.2) is 5.82 Å². The van der Waals surface area contributed by atoms with Gasteiger partial charge in [-0.15, -0.1) is 11.3 Å². The van der Waals surface area contributed by atoms with Gasteiger partial charge in [-0.1, -0.05) is 12.1 Å². The zero-order valence-corrected chi connectivity index (χ0v) is 13.4. The van der Waals surface area contributed by atoms with Crippen molar-refractivity contribution in [3.05, 3.63) is 54.2 Å². The third kappa shape index (κ3) is 2.61. The Bertz CT molecular complexity index is 1010. The van der Waals surface area contributed by atoms with Crippen LogP contribution in [0.5, 0.6) is 0 Å². The van der Waals surface area contributed by atoms with Crippen molar-refractivity contribution in [3.8, 4) is 10.7 Å². The van der Waals surface area contributed by atoms with Gasteiger partial charge >= 0.3 is 0 Å². The normalized spacial score (nSPS) is 10.8. The fourth-order valence-corrected chi connectivity index (χ4v) is 2.95. The second kappa shape index (κ2) is 5.78. The highest BCUT2D eigenvalue weighted by Gasteiger charge is 2.11. The van der Waals surface area contributed by atoms with E-state index in [1.807, 2.05) is 30.3 Å². The summed E-state index contributed by atoms with van der Waals surface area (Å²) in [5.41, 5.74) is 16.2. The van der Waals surface area contributed by atoms with Crippen molar-refractivity contribution in [1.29, 1.82) is 0 Å². The van der Waals surface area contributed by atoms with Crippen molar-refractivity contribution in [2.75, 3.05) is 16.8 Å². The summed E-state index contributed by atoms with van der Waals surface area (Å²) in [5.74, 6) is 1.36. The van der Waals surface area contributed by atoms with Gasteiger partial charge in [0.2, 0.25) is 0 Å². The van der Waals surface area contributed by atoms with E-state index < -0.39 is 0 Å². The first-order valence-electron chi connectivity index (χ1n) is 7.28. The number of anilines is 4. The van der Waals surface area contributed by atoms with Crippen LogP contribution in [0.1, 0.15) is 0 Å². The number of fused-ring (bicyclic) bond motifs is 1. The summed E-state index contributed by atoms with van der Waals surface area (Å²) >= 11 is 1.50. The van der Waals surface area contributed by atoms with Gasteiger partial charge in [0.1, 0.15) is 5.82 Å². The van der Waals surface area contributed by atoms with Crippen LogP contribution in [0.4, 0.5) is 22.9 Å². The van der Waals surface area contributed by atoms with Crippen LogP contribution < -0.4 is 16.8 Å². The van der Waals surface area contributed by atoms with Gasteiger partial charge in [-0.25, -0.2) is 9.97 Å². The molecule has 4 aromatic rings. The molecule has 0 amide bonds. The Hall–Kier alpha value is -3.19. The monoisotopic (exact) mass is 334 g/mol. The number of nitrogen functional groups attached to an aromatic ring is 2. The molecule has 5 N–H and O–H groups in total. The van der Waals surface area contributed by atoms with Crippen LogP contribution in [-0.2, 0) is 0 Å². The predicted octanol–water partition coefficient (Wildman–Crippen LogP) is 3.66. The SMILES string of the molecule is Nc1ccc(Nc2nc(-c3cncs3)nc3ccccc23)cc1N. The summed E-state index contributed by atoms with van der Waals surface area (Å²) in [5, 5.41) is 4.25. The Labute approximate surface area is 142 Å². The summed E-state index contributed by atoms with van der Waals surface area (Å²) < 4.78 is 0. The molecule has 4 rings (SSSR count). The lowest BCUT2D eigenvalue weighted by molar-refractivity contribution is 1.23. The molecule has 0 fully saturated rings. The molecule has 7 heteroatoms. The minimum atomic E-state index is 0.529. The number of benzene rings is 2. The molecule has 0 bridgehead atoms. The Morgan fingerprint density at radius 3 is 2.62 bits per heavy atom. The quantitative estimate of drug-likeness (QED) is 0.494. The number of para-hydroxylation sites is 1. The van der Waals surface area contributed by atoms with Gasteiger partial charge in [0, 0.05) is 17.3 Å². The number of rotatable bonds is 3. The fraction of sp³-hybridized carbons (Fsp3) is 0. The summed E-state index contributed by atoms with van der Waals surface area (Å²) in [6.45, 7) is 0. The maximum atomic E-state index is 5.89. The van der Waals surface area contributed by atoms with Crippen LogP contribution >= 0.6 is 11.3 Å². The second-order valence-electron chi connectivity index (χ2n) is 5.25. The topological polar surface area (TPSA) is 103 Å². The molecule has 0 unspecified atom stereocenters. The van der Waals surface area contributed by atoms with Crippen LogP contribution in [0.3, 0.4) is 0 Å². The van der Waals surface area contributed by atoms with E-state index in [1.165, 1.54) is 11.3 Å². The van der Waals surface area contributed by atoms with Crippen molar-refractivity contribution in [1.82, 2.24) is 15.0 Å². The van der Waals surface area contributed by atoms with Crippen LogP contribution in [0.15, 0.2) is 54.2 Å². The van der Waals surface area contributed by atoms with Crippen LogP contribution in [0, 0.1) is 0 Å². The molecule has 118 valence electrons. The minimum Gasteiger partial charge on any atom is -0.397 e. The number of nitrogens with zero attached hydrogens (tertiary/aromatic N) is 3. The molecule has 0 radical (unpaired) electrons. The van der Waals surface area contributed by atoms with E-state index in [9.17, 15) is 0 Å². The molecule has 6 nitrogen and oxygen atoms in total. The Morgan fingerprint density at radius 1 is 0.958 bits per heavy atom. The molecule has 0 aliphatic rings. The van der Waals surface area contributed by atoms with E-state index in [-0.39, 0.29) is 0 Å². The van der Waals surface area contributed by atoms with Crippen LogP contribution in [-0.4, -0.2) is 15.0 Å². The first kappa shape index (κ1) is 14.4. The maximum Gasteiger partial charge on any atom is 0.173 e. The van der Waals surface area contributed by atoms with E-state index in [4.69, 9.17) is 11.5 Å². The molecule has 2 aromatic heterocycles. The lowest BCUT2D eigenvalue weighted by Crippen LogP contribution is -2.00. The molecule has 2 aromatic carbocycles. The first-order valence-corrected chi connectivity index (χ1v) is 8.16. The average molecular weight is 334 g/mol. The molecule has 24 heavy (non-hydrogen) atoms. The number of hydrogen-bond donors (Lipinski definition) is 3. The van der Waals surface area contributed by atoms with Crippen molar-refractivity contribution in [2.45, 2.75) is 0 Å². The second-order valence-corrected chi connectivity index (χ2v) is 6.13. The van der Waals surface area contributed by atoms with Gasteiger partial charge in [-0.2, -0.15) is 0 Å². The molecule has 0 aliphatic carbocycles. The largest absolute Gasteiger partial charge is 0.397 e. The van der Waals surface area contributed by atoms with Gasteiger partial charge in [0.05, 0.1) is 27.3 Å². The van der Waals surface area contributed by atoms with Gasteiger partial charge in [-0.3, -0.25) is 4.98 Å². The molecule has 0 saturated carbocycles. The van der Waals surface area contributed by atoms with Gasteiger partial charge < -0.3 is 16.8 Å². The van der Waals surface area contributed by atoms with Crippen LogP contribution in [0.25, 0.3) is 21.6 Å². The zero-order chi connectivity index (χ0) is 16.5. The number of thiazole rings is 1. The third-order valence-corrected chi connectivity index (χ3v) is 4.37. The molecule has 0 saturated heterocycles. The molecular formula is C17H14N6S. The van der Waals surface area contributed by atoms with E-state index in [0.29, 0.717) is 23.0 Å². The number of nitrogens with two attached hydrogens (primary N) is 2. The third-order valence-electron chi connectivity index (χ3n) is 3.61. The maximum absolute atomic E-state index is 5.89. The lowest BCUT2D eigenvalue weighted by Gasteiger charge is -2.11. The van der Waals surface area contributed by atoms with E-state index in [2.05, 4.69) is 20.3 Å². The zero-order valence-electron chi connectivity index (χ0n) is 12.6. The summed E-state index contributed by atoms with van der Waals surface area (Å²) in [6.07, 6.45) is 1.76. The van der Waals surface area contributed by atoms with Crippen molar-refractivity contribution in [3.63, 3.8) is 0 Å². The van der Waals surface area contributed by atoms with E-state index in [0.717, 1.165) is 21.5 Å². The van der Waals surface area contributed by atoms with Gasteiger partial charge in [0.25, 0.3) is 0 Å². The number of aromatic nitrogens is 3. The Balaban J connectivity index is 1.85.